The topological polar surface area (TPSA) is 49.4 Å². The zero-order valence-corrected chi connectivity index (χ0v) is 16.1. The molecule has 2 heterocycles. The molecular formula is C19H24N2O2S2. The molecule has 0 saturated carbocycles. The summed E-state index contributed by atoms with van der Waals surface area (Å²) in [6.45, 7) is 2.15. The van der Waals surface area contributed by atoms with Crippen LogP contribution < -0.4 is 5.32 Å². The predicted octanol–water partition coefficient (Wildman–Crippen LogP) is 3.28. The van der Waals surface area contributed by atoms with Crippen molar-refractivity contribution in [3.63, 3.8) is 0 Å². The Morgan fingerprint density at radius 1 is 1.20 bits per heavy atom. The molecule has 4 rings (SSSR count). The average Bonchev–Trinajstić information content (AvgIpc) is 3.20. The normalized spacial score (nSPS) is 23.0. The van der Waals surface area contributed by atoms with Crippen LogP contribution in [-0.2, 0) is 22.0 Å². The largest absolute Gasteiger partial charge is 0.305 e. The van der Waals surface area contributed by atoms with Crippen LogP contribution in [0, 0.1) is 0 Å². The molecule has 1 unspecified atom stereocenters. The Labute approximate surface area is 153 Å². The summed E-state index contributed by atoms with van der Waals surface area (Å²) in [5, 5.41) is 5.84. The predicted molar refractivity (Wildman–Crippen MR) is 102 cm³/mol. The van der Waals surface area contributed by atoms with E-state index in [0.29, 0.717) is 19.1 Å². The second kappa shape index (κ2) is 6.50. The van der Waals surface area contributed by atoms with Gasteiger partial charge in [-0.1, -0.05) is 30.3 Å². The first kappa shape index (κ1) is 17.2. The van der Waals surface area contributed by atoms with Crippen molar-refractivity contribution in [3.05, 3.63) is 57.8 Å². The fourth-order valence-corrected chi connectivity index (χ4v) is 5.93. The molecule has 1 N–H and O–H groups in total. The van der Waals surface area contributed by atoms with Crippen LogP contribution >= 0.6 is 11.3 Å². The van der Waals surface area contributed by atoms with Gasteiger partial charge in [0.2, 0.25) is 10.0 Å². The zero-order chi connectivity index (χ0) is 17.5. The molecule has 1 aliphatic heterocycles. The van der Waals surface area contributed by atoms with Gasteiger partial charge in [0.05, 0.1) is 6.26 Å². The smallest absolute Gasteiger partial charge is 0.211 e. The maximum atomic E-state index is 11.8. The molecule has 0 radical (unpaired) electrons. The number of thiophene rings is 1. The van der Waals surface area contributed by atoms with Crippen LogP contribution in [0.4, 0.5) is 0 Å². The molecule has 1 aromatic heterocycles. The van der Waals surface area contributed by atoms with Crippen LogP contribution in [0.1, 0.15) is 41.3 Å². The molecule has 1 aromatic carbocycles. The van der Waals surface area contributed by atoms with Gasteiger partial charge < -0.3 is 5.32 Å². The summed E-state index contributed by atoms with van der Waals surface area (Å²) in [5.74, 6) is 0. The van der Waals surface area contributed by atoms with E-state index < -0.39 is 10.0 Å². The molecule has 1 fully saturated rings. The van der Waals surface area contributed by atoms with Crippen LogP contribution in [0.25, 0.3) is 0 Å². The molecule has 6 heteroatoms. The van der Waals surface area contributed by atoms with E-state index in [-0.39, 0.29) is 5.41 Å². The molecule has 0 bridgehead atoms. The fraction of sp³-hybridized carbons (Fsp3) is 0.474. The van der Waals surface area contributed by atoms with E-state index in [2.05, 4.69) is 47.1 Å². The summed E-state index contributed by atoms with van der Waals surface area (Å²) in [6.07, 6.45) is 4.21. The number of fused-ring (bicyclic) bond motifs is 2. The van der Waals surface area contributed by atoms with Crippen molar-refractivity contribution in [2.45, 2.75) is 37.3 Å². The Morgan fingerprint density at radius 2 is 1.96 bits per heavy atom. The first-order valence-electron chi connectivity index (χ1n) is 8.78. The van der Waals surface area contributed by atoms with Gasteiger partial charge in [0.25, 0.3) is 0 Å². The quantitative estimate of drug-likeness (QED) is 0.891. The van der Waals surface area contributed by atoms with Gasteiger partial charge in [0, 0.05) is 30.6 Å². The number of benzene rings is 1. The Kier molecular flexibility index (Phi) is 4.48. The summed E-state index contributed by atoms with van der Waals surface area (Å²) in [6, 6.07) is 13.3. The summed E-state index contributed by atoms with van der Waals surface area (Å²) in [5.41, 5.74) is 2.93. The highest BCUT2D eigenvalue weighted by Crippen LogP contribution is 2.50. The molecular weight excluding hydrogens is 352 g/mol. The number of hydrogen-bond acceptors (Lipinski definition) is 4. The Bertz CT molecular complexity index is 838. The molecule has 4 nitrogen and oxygen atoms in total. The molecule has 1 spiro atoms. The van der Waals surface area contributed by atoms with Crippen molar-refractivity contribution in [2.24, 2.45) is 0 Å². The van der Waals surface area contributed by atoms with Crippen LogP contribution in [0.2, 0.25) is 0 Å². The van der Waals surface area contributed by atoms with Crippen molar-refractivity contribution >= 4 is 21.4 Å². The number of piperidine rings is 1. The van der Waals surface area contributed by atoms with E-state index in [0.717, 1.165) is 25.8 Å². The third-order valence-corrected chi connectivity index (χ3v) is 7.93. The third kappa shape index (κ3) is 3.28. The minimum Gasteiger partial charge on any atom is -0.305 e. The maximum absolute atomic E-state index is 11.8. The Balaban J connectivity index is 1.55. The van der Waals surface area contributed by atoms with Gasteiger partial charge in [0.15, 0.2) is 0 Å². The van der Waals surface area contributed by atoms with Gasteiger partial charge in [0.1, 0.15) is 0 Å². The van der Waals surface area contributed by atoms with Gasteiger partial charge >= 0.3 is 0 Å². The second-order valence-corrected chi connectivity index (χ2v) is 10.3. The molecule has 1 atom stereocenters. The number of nitrogens with zero attached hydrogens (tertiary/aromatic N) is 1. The van der Waals surface area contributed by atoms with Crippen LogP contribution in [0.3, 0.4) is 0 Å². The van der Waals surface area contributed by atoms with Gasteiger partial charge in [-0.3, -0.25) is 0 Å². The standard InChI is InChI=1S/C19H24N2O2S2/c1-25(22,23)21-10-8-19(9-11-21)13-18(16-6-2-3-7-17(16)19)20-14-15-5-4-12-24-15/h2-7,12,18,20H,8-11,13-14H2,1H3. The van der Waals surface area contributed by atoms with E-state index in [9.17, 15) is 8.42 Å². The fourth-order valence-electron chi connectivity index (χ4n) is 4.43. The van der Waals surface area contributed by atoms with E-state index in [1.807, 2.05) is 0 Å². The molecule has 2 aromatic rings. The highest BCUT2D eigenvalue weighted by atomic mass is 32.2. The van der Waals surface area contributed by atoms with Crippen molar-refractivity contribution < 1.29 is 8.42 Å². The third-order valence-electron chi connectivity index (χ3n) is 5.75. The number of hydrogen-bond donors (Lipinski definition) is 1. The minimum absolute atomic E-state index is 0.116. The lowest BCUT2D eigenvalue weighted by molar-refractivity contribution is 0.220. The molecule has 0 amide bonds. The number of sulfonamides is 1. The zero-order valence-electron chi connectivity index (χ0n) is 14.4. The SMILES string of the molecule is CS(=O)(=O)N1CCC2(CC1)CC(NCc1cccs1)c1ccccc12. The first-order chi connectivity index (χ1) is 12.0. The lowest BCUT2D eigenvalue weighted by atomic mass is 9.74. The second-order valence-electron chi connectivity index (χ2n) is 7.25. The molecule has 2 aliphatic rings. The molecule has 1 aliphatic carbocycles. The van der Waals surface area contributed by atoms with Crippen molar-refractivity contribution in [3.8, 4) is 0 Å². The molecule has 134 valence electrons. The summed E-state index contributed by atoms with van der Waals surface area (Å²) in [4.78, 5) is 1.35. The van der Waals surface area contributed by atoms with E-state index in [1.165, 1.54) is 22.3 Å². The summed E-state index contributed by atoms with van der Waals surface area (Å²) in [7, 11) is -3.08. The lowest BCUT2D eigenvalue weighted by Crippen LogP contribution is -2.44. The Hall–Kier alpha value is -1.21. The summed E-state index contributed by atoms with van der Waals surface area (Å²) >= 11 is 1.78. The highest BCUT2D eigenvalue weighted by Gasteiger charge is 2.46. The van der Waals surface area contributed by atoms with Crippen LogP contribution in [-0.4, -0.2) is 32.1 Å². The Morgan fingerprint density at radius 3 is 2.64 bits per heavy atom. The maximum Gasteiger partial charge on any atom is 0.211 e. The minimum atomic E-state index is -3.08. The number of rotatable bonds is 4. The van der Waals surface area contributed by atoms with Gasteiger partial charge in [-0.15, -0.1) is 11.3 Å². The first-order valence-corrected chi connectivity index (χ1v) is 11.5. The van der Waals surface area contributed by atoms with Crippen LogP contribution in [0.5, 0.6) is 0 Å². The monoisotopic (exact) mass is 376 g/mol. The molecule has 1 saturated heterocycles. The highest BCUT2D eigenvalue weighted by molar-refractivity contribution is 7.88. The van der Waals surface area contributed by atoms with Crippen molar-refractivity contribution in [1.29, 1.82) is 0 Å². The van der Waals surface area contributed by atoms with Crippen molar-refractivity contribution in [2.75, 3.05) is 19.3 Å². The van der Waals surface area contributed by atoms with Gasteiger partial charge in [-0.05, 0) is 47.3 Å². The van der Waals surface area contributed by atoms with E-state index >= 15 is 0 Å². The van der Waals surface area contributed by atoms with Crippen molar-refractivity contribution in [1.82, 2.24) is 9.62 Å². The average molecular weight is 377 g/mol. The lowest BCUT2D eigenvalue weighted by Gasteiger charge is -2.39. The van der Waals surface area contributed by atoms with E-state index in [4.69, 9.17) is 0 Å². The van der Waals surface area contributed by atoms with Crippen LogP contribution in [0.15, 0.2) is 41.8 Å². The summed E-state index contributed by atoms with van der Waals surface area (Å²) < 4.78 is 25.3. The number of nitrogens with one attached hydrogen (secondary N) is 1. The van der Waals surface area contributed by atoms with Gasteiger partial charge in [-0.2, -0.15) is 0 Å². The van der Waals surface area contributed by atoms with Gasteiger partial charge in [-0.25, -0.2) is 12.7 Å². The van der Waals surface area contributed by atoms with E-state index in [1.54, 1.807) is 15.6 Å². The molecule has 25 heavy (non-hydrogen) atoms.